The van der Waals surface area contributed by atoms with Gasteiger partial charge < -0.3 is 15.0 Å². The zero-order valence-electron chi connectivity index (χ0n) is 15.2. The van der Waals surface area contributed by atoms with E-state index >= 15 is 0 Å². The van der Waals surface area contributed by atoms with Crippen LogP contribution in [-0.2, 0) is 38.9 Å². The van der Waals surface area contributed by atoms with E-state index in [2.05, 4.69) is 32.1 Å². The Morgan fingerprint density at radius 2 is 2.19 bits per heavy atom. The molecule has 8 nitrogen and oxygen atoms in total. The van der Waals surface area contributed by atoms with Crippen LogP contribution in [0.3, 0.4) is 0 Å². The van der Waals surface area contributed by atoms with Gasteiger partial charge in [0.15, 0.2) is 5.69 Å². The lowest BCUT2D eigenvalue weighted by Crippen LogP contribution is -2.35. The van der Waals surface area contributed by atoms with Gasteiger partial charge in [0.25, 0.3) is 0 Å². The van der Waals surface area contributed by atoms with Crippen molar-refractivity contribution in [3.05, 3.63) is 28.6 Å². The average Bonchev–Trinajstić information content (AvgIpc) is 3.22. The van der Waals surface area contributed by atoms with E-state index in [0.717, 1.165) is 61.7 Å². The topological polar surface area (TPSA) is 97.9 Å². The molecule has 0 amide bonds. The maximum absolute atomic E-state index is 11.6. The molecule has 26 heavy (non-hydrogen) atoms. The lowest BCUT2D eigenvalue weighted by Gasteiger charge is -2.24. The molecule has 8 heteroatoms. The highest BCUT2D eigenvalue weighted by Crippen LogP contribution is 2.25. The van der Waals surface area contributed by atoms with Crippen LogP contribution in [0.2, 0.25) is 0 Å². The second kappa shape index (κ2) is 7.19. The van der Waals surface area contributed by atoms with Crippen molar-refractivity contribution < 1.29 is 9.90 Å². The molecule has 0 bridgehead atoms. The van der Waals surface area contributed by atoms with Gasteiger partial charge in [0.05, 0.1) is 6.54 Å². The summed E-state index contributed by atoms with van der Waals surface area (Å²) in [6.07, 6.45) is 6.90. The predicted molar refractivity (Wildman–Crippen MR) is 95.1 cm³/mol. The Labute approximate surface area is 152 Å². The molecule has 2 N–H and O–H groups in total. The van der Waals surface area contributed by atoms with E-state index in [1.165, 1.54) is 12.8 Å². The van der Waals surface area contributed by atoms with Gasteiger partial charge in [0, 0.05) is 36.8 Å². The fourth-order valence-electron chi connectivity index (χ4n) is 4.17. The number of carbonyl (C=O) groups is 1. The first-order valence-electron chi connectivity index (χ1n) is 9.63. The molecule has 1 aliphatic heterocycles. The second-order valence-corrected chi connectivity index (χ2v) is 7.26. The van der Waals surface area contributed by atoms with Gasteiger partial charge in [-0.1, -0.05) is 6.92 Å². The number of nitrogens with one attached hydrogen (secondary N) is 1. The van der Waals surface area contributed by atoms with Crippen molar-refractivity contribution in [2.24, 2.45) is 0 Å². The quantitative estimate of drug-likeness (QED) is 0.813. The normalized spacial score (nSPS) is 19.2. The van der Waals surface area contributed by atoms with Crippen LogP contribution in [0.4, 0.5) is 0 Å². The van der Waals surface area contributed by atoms with E-state index in [1.807, 2.05) is 4.68 Å². The molecule has 0 saturated heterocycles. The molecule has 140 valence electrons. The summed E-state index contributed by atoms with van der Waals surface area (Å²) in [4.78, 5) is 11.6. The third-order valence-electron chi connectivity index (χ3n) is 5.47. The van der Waals surface area contributed by atoms with Crippen LogP contribution in [0.1, 0.15) is 66.0 Å². The van der Waals surface area contributed by atoms with Crippen LogP contribution in [0, 0.1) is 0 Å². The Balaban J connectivity index is 1.47. The van der Waals surface area contributed by atoms with Crippen LogP contribution < -0.4 is 5.32 Å². The summed E-state index contributed by atoms with van der Waals surface area (Å²) in [6.45, 7) is 4.54. The molecule has 1 aliphatic carbocycles. The fourth-order valence-corrected chi connectivity index (χ4v) is 4.17. The Hall–Kier alpha value is -2.22. The molecule has 1 atom stereocenters. The molecule has 2 aliphatic rings. The zero-order chi connectivity index (χ0) is 18.1. The SMILES string of the molecule is CCCn1nc(C(=O)O)c2c1CC[C@@H](NCc1nnc3n1CCCC3)C2. The lowest BCUT2D eigenvalue weighted by molar-refractivity contribution is 0.0688. The van der Waals surface area contributed by atoms with Crippen molar-refractivity contribution in [1.29, 1.82) is 0 Å². The summed E-state index contributed by atoms with van der Waals surface area (Å²) in [5.74, 6) is 1.15. The summed E-state index contributed by atoms with van der Waals surface area (Å²) in [5, 5.41) is 26.1. The number of carboxylic acids is 1. The van der Waals surface area contributed by atoms with E-state index in [1.54, 1.807) is 0 Å². The van der Waals surface area contributed by atoms with Gasteiger partial charge in [-0.2, -0.15) is 5.10 Å². The van der Waals surface area contributed by atoms with Crippen LogP contribution in [0.5, 0.6) is 0 Å². The minimum Gasteiger partial charge on any atom is -0.476 e. The Morgan fingerprint density at radius 1 is 1.31 bits per heavy atom. The van der Waals surface area contributed by atoms with Crippen LogP contribution in [0.25, 0.3) is 0 Å². The van der Waals surface area contributed by atoms with E-state index in [9.17, 15) is 9.90 Å². The second-order valence-electron chi connectivity index (χ2n) is 7.26. The van der Waals surface area contributed by atoms with Gasteiger partial charge in [-0.05, 0) is 38.5 Å². The number of aromatic carboxylic acids is 1. The molecule has 0 aromatic carbocycles. The van der Waals surface area contributed by atoms with Crippen molar-refractivity contribution in [1.82, 2.24) is 29.9 Å². The molecule has 2 aromatic rings. The number of fused-ring (bicyclic) bond motifs is 2. The van der Waals surface area contributed by atoms with Gasteiger partial charge in [-0.15, -0.1) is 10.2 Å². The highest BCUT2D eigenvalue weighted by Gasteiger charge is 2.29. The van der Waals surface area contributed by atoms with E-state index in [-0.39, 0.29) is 11.7 Å². The maximum Gasteiger partial charge on any atom is 0.356 e. The first-order chi connectivity index (χ1) is 12.7. The Morgan fingerprint density at radius 3 is 3.00 bits per heavy atom. The van der Waals surface area contributed by atoms with E-state index < -0.39 is 5.97 Å². The Kier molecular flexibility index (Phi) is 4.76. The minimum absolute atomic E-state index is 0.222. The minimum atomic E-state index is -0.928. The van der Waals surface area contributed by atoms with Gasteiger partial charge in [0.1, 0.15) is 11.6 Å². The van der Waals surface area contributed by atoms with Gasteiger partial charge in [0.2, 0.25) is 0 Å². The van der Waals surface area contributed by atoms with Crippen molar-refractivity contribution in [3.8, 4) is 0 Å². The molecule has 4 rings (SSSR count). The van der Waals surface area contributed by atoms with Crippen molar-refractivity contribution in [3.63, 3.8) is 0 Å². The summed E-state index contributed by atoms with van der Waals surface area (Å²) < 4.78 is 4.12. The molecule has 0 unspecified atom stereocenters. The zero-order valence-corrected chi connectivity index (χ0v) is 15.2. The van der Waals surface area contributed by atoms with E-state index in [4.69, 9.17) is 0 Å². The molecule has 0 spiro atoms. The summed E-state index contributed by atoms with van der Waals surface area (Å²) in [6, 6.07) is 0.247. The van der Waals surface area contributed by atoms with Gasteiger partial charge >= 0.3 is 5.97 Å². The summed E-state index contributed by atoms with van der Waals surface area (Å²) >= 11 is 0. The van der Waals surface area contributed by atoms with Crippen molar-refractivity contribution in [2.45, 2.75) is 77.5 Å². The van der Waals surface area contributed by atoms with Crippen LogP contribution >= 0.6 is 0 Å². The standard InChI is InChI=1S/C18H26N6O2/c1-2-8-24-14-7-6-12(10-13(14)17(22-24)18(25)26)19-11-16-21-20-15-5-3-4-9-23(15)16/h12,19H,2-11H2,1H3,(H,25,26)/t12-/m1/s1. The lowest BCUT2D eigenvalue weighted by atomic mass is 9.91. The number of rotatable bonds is 6. The third kappa shape index (κ3) is 3.13. The molecule has 0 fully saturated rings. The van der Waals surface area contributed by atoms with Crippen LogP contribution in [-0.4, -0.2) is 41.7 Å². The molecule has 0 saturated carbocycles. The molecule has 0 radical (unpaired) electrons. The first-order valence-corrected chi connectivity index (χ1v) is 9.63. The number of aryl methyl sites for hydroxylation is 2. The molecule has 3 heterocycles. The largest absolute Gasteiger partial charge is 0.476 e. The van der Waals surface area contributed by atoms with Crippen molar-refractivity contribution >= 4 is 5.97 Å². The van der Waals surface area contributed by atoms with Gasteiger partial charge in [-0.25, -0.2) is 4.79 Å². The third-order valence-corrected chi connectivity index (χ3v) is 5.47. The average molecular weight is 358 g/mol. The van der Waals surface area contributed by atoms with Crippen LogP contribution in [0.15, 0.2) is 0 Å². The summed E-state index contributed by atoms with van der Waals surface area (Å²) in [5.41, 5.74) is 2.22. The van der Waals surface area contributed by atoms with E-state index in [0.29, 0.717) is 13.0 Å². The number of nitrogens with zero attached hydrogens (tertiary/aromatic N) is 5. The molecular formula is C18H26N6O2. The maximum atomic E-state index is 11.6. The summed E-state index contributed by atoms with van der Waals surface area (Å²) in [7, 11) is 0. The first kappa shape index (κ1) is 17.2. The highest BCUT2D eigenvalue weighted by molar-refractivity contribution is 5.87. The number of aromatic nitrogens is 5. The Bertz CT molecular complexity index is 809. The molecule has 2 aromatic heterocycles. The monoisotopic (exact) mass is 358 g/mol. The fraction of sp³-hybridized carbons (Fsp3) is 0.667. The smallest absolute Gasteiger partial charge is 0.356 e. The van der Waals surface area contributed by atoms with Gasteiger partial charge in [-0.3, -0.25) is 4.68 Å². The predicted octanol–water partition coefficient (Wildman–Crippen LogP) is 1.57. The molecular weight excluding hydrogens is 332 g/mol. The number of carboxylic acid groups (broad SMARTS) is 1. The van der Waals surface area contributed by atoms with Crippen molar-refractivity contribution in [2.75, 3.05) is 0 Å². The number of hydrogen-bond acceptors (Lipinski definition) is 5. The highest BCUT2D eigenvalue weighted by atomic mass is 16.4. The number of hydrogen-bond donors (Lipinski definition) is 2.